The molecule has 1 fully saturated rings. The van der Waals surface area contributed by atoms with Crippen LogP contribution in [0.25, 0.3) is 0 Å². The van der Waals surface area contributed by atoms with Crippen LogP contribution in [0.4, 0.5) is 0 Å². The van der Waals surface area contributed by atoms with E-state index in [2.05, 4.69) is 52.2 Å². The Kier molecular flexibility index (Phi) is 5.18. The maximum absolute atomic E-state index is 4.73. The van der Waals surface area contributed by atoms with Crippen LogP contribution in [0.2, 0.25) is 0 Å². The van der Waals surface area contributed by atoms with Crippen molar-refractivity contribution in [3.05, 3.63) is 23.9 Å². The summed E-state index contributed by atoms with van der Waals surface area (Å²) in [5, 5.41) is 0. The predicted molar refractivity (Wildman–Crippen MR) is 81.1 cm³/mol. The Labute approximate surface area is 112 Å². The van der Waals surface area contributed by atoms with Crippen molar-refractivity contribution in [1.82, 2.24) is 4.90 Å². The smallest absolute Gasteiger partial charge is 0.0572 e. The summed E-state index contributed by atoms with van der Waals surface area (Å²) < 4.78 is 0. The Balaban J connectivity index is 2.60. The van der Waals surface area contributed by atoms with Crippen molar-refractivity contribution in [3.63, 3.8) is 0 Å². The number of likely N-dealkylation sites (tertiary alicyclic amines) is 1. The van der Waals surface area contributed by atoms with Gasteiger partial charge in [0.15, 0.2) is 0 Å². The van der Waals surface area contributed by atoms with E-state index in [0.29, 0.717) is 0 Å². The molecule has 0 radical (unpaired) electrons. The molecule has 18 heavy (non-hydrogen) atoms. The third-order valence-corrected chi connectivity index (χ3v) is 4.11. The molecular weight excluding hydrogens is 220 g/mol. The summed E-state index contributed by atoms with van der Waals surface area (Å²) in [6, 6.07) is 0. The number of rotatable bonds is 4. The van der Waals surface area contributed by atoms with Gasteiger partial charge in [0.1, 0.15) is 0 Å². The van der Waals surface area contributed by atoms with Gasteiger partial charge >= 0.3 is 0 Å². The highest BCUT2D eigenvalue weighted by molar-refractivity contribution is 5.87. The summed E-state index contributed by atoms with van der Waals surface area (Å²) in [6.07, 6.45) is 4.56. The molecule has 0 aromatic heterocycles. The van der Waals surface area contributed by atoms with E-state index in [-0.39, 0.29) is 5.41 Å². The maximum atomic E-state index is 4.73. The number of allylic oxidation sites excluding steroid dienone is 2. The van der Waals surface area contributed by atoms with Gasteiger partial charge in [-0.2, -0.15) is 0 Å². The first-order valence-electron chi connectivity index (χ1n) is 6.90. The topological polar surface area (TPSA) is 15.6 Å². The molecule has 0 amide bonds. The van der Waals surface area contributed by atoms with Gasteiger partial charge in [0.25, 0.3) is 0 Å². The number of hydrogen-bond donors (Lipinski definition) is 0. The van der Waals surface area contributed by atoms with Crippen LogP contribution in [-0.2, 0) is 0 Å². The van der Waals surface area contributed by atoms with Crippen LogP contribution in [-0.4, -0.2) is 30.2 Å². The Morgan fingerprint density at radius 2 is 1.78 bits per heavy atom. The van der Waals surface area contributed by atoms with Crippen molar-refractivity contribution in [2.75, 3.05) is 19.6 Å². The van der Waals surface area contributed by atoms with Crippen LogP contribution in [0.5, 0.6) is 0 Å². The molecule has 0 spiro atoms. The van der Waals surface area contributed by atoms with Gasteiger partial charge < -0.3 is 4.90 Å². The van der Waals surface area contributed by atoms with Gasteiger partial charge in [-0.15, -0.1) is 0 Å². The van der Waals surface area contributed by atoms with Gasteiger partial charge in [-0.05, 0) is 40.5 Å². The van der Waals surface area contributed by atoms with Gasteiger partial charge in [-0.25, -0.2) is 0 Å². The lowest BCUT2D eigenvalue weighted by molar-refractivity contribution is 0.201. The minimum absolute atomic E-state index is 0.279. The summed E-state index contributed by atoms with van der Waals surface area (Å²) in [5.74, 6) is 0. The van der Waals surface area contributed by atoms with E-state index < -0.39 is 0 Å². The van der Waals surface area contributed by atoms with Crippen molar-refractivity contribution < 1.29 is 0 Å². The van der Waals surface area contributed by atoms with E-state index in [0.717, 1.165) is 19.6 Å². The first kappa shape index (κ1) is 15.0. The molecule has 1 aliphatic rings. The molecule has 1 saturated heterocycles. The van der Waals surface area contributed by atoms with Crippen LogP contribution in [0.1, 0.15) is 47.5 Å². The second-order valence-corrected chi connectivity index (χ2v) is 5.99. The van der Waals surface area contributed by atoms with Crippen LogP contribution in [0.3, 0.4) is 0 Å². The molecular formula is C16H28N2. The van der Waals surface area contributed by atoms with E-state index >= 15 is 0 Å². The normalized spacial score (nSPS) is 19.6. The van der Waals surface area contributed by atoms with Crippen molar-refractivity contribution in [2.24, 2.45) is 10.4 Å². The van der Waals surface area contributed by atoms with Crippen LogP contribution in [0.15, 0.2) is 28.9 Å². The molecule has 0 aliphatic carbocycles. The summed E-state index contributed by atoms with van der Waals surface area (Å²) in [4.78, 5) is 7.11. The Morgan fingerprint density at radius 3 is 2.22 bits per heavy atom. The quantitative estimate of drug-likeness (QED) is 0.541. The Morgan fingerprint density at radius 1 is 1.22 bits per heavy atom. The fraction of sp³-hybridized carbons (Fsp3) is 0.688. The maximum Gasteiger partial charge on any atom is 0.0572 e. The van der Waals surface area contributed by atoms with Gasteiger partial charge in [0, 0.05) is 29.9 Å². The zero-order chi connectivity index (χ0) is 13.8. The first-order chi connectivity index (χ1) is 8.35. The standard InChI is InChI=1S/C16H28N2/c1-13(2)7-10-17-15(5)16(6)8-11-18(12-9-16)14(3)4/h7H,3,8-12H2,1-2,4-6H3. The molecule has 0 N–H and O–H groups in total. The van der Waals surface area contributed by atoms with E-state index in [1.54, 1.807) is 0 Å². The highest BCUT2D eigenvalue weighted by Gasteiger charge is 2.32. The fourth-order valence-corrected chi connectivity index (χ4v) is 2.30. The molecule has 0 bridgehead atoms. The lowest BCUT2D eigenvalue weighted by Gasteiger charge is -2.40. The highest BCUT2D eigenvalue weighted by atomic mass is 15.1. The van der Waals surface area contributed by atoms with Gasteiger partial charge in [0.05, 0.1) is 6.54 Å². The summed E-state index contributed by atoms with van der Waals surface area (Å²) >= 11 is 0. The van der Waals surface area contributed by atoms with Crippen LogP contribution >= 0.6 is 0 Å². The van der Waals surface area contributed by atoms with E-state index in [4.69, 9.17) is 4.99 Å². The van der Waals surface area contributed by atoms with E-state index in [1.807, 2.05) is 0 Å². The largest absolute Gasteiger partial charge is 0.375 e. The number of piperidine rings is 1. The third-order valence-electron chi connectivity index (χ3n) is 4.11. The molecule has 2 heteroatoms. The molecule has 1 aliphatic heterocycles. The highest BCUT2D eigenvalue weighted by Crippen LogP contribution is 2.33. The van der Waals surface area contributed by atoms with Gasteiger partial charge in [0.2, 0.25) is 0 Å². The molecule has 0 saturated carbocycles. The average Bonchev–Trinajstić information content (AvgIpc) is 2.28. The number of hydrogen-bond acceptors (Lipinski definition) is 2. The minimum Gasteiger partial charge on any atom is -0.375 e. The van der Waals surface area contributed by atoms with Crippen molar-refractivity contribution in [2.45, 2.75) is 47.5 Å². The zero-order valence-electron chi connectivity index (χ0n) is 12.7. The lowest BCUT2D eigenvalue weighted by Crippen LogP contribution is -2.41. The van der Waals surface area contributed by atoms with Gasteiger partial charge in [-0.1, -0.05) is 25.2 Å². The predicted octanol–water partition coefficient (Wildman–Crippen LogP) is 4.05. The second-order valence-electron chi connectivity index (χ2n) is 5.99. The summed E-state index contributed by atoms with van der Waals surface area (Å²) in [6.45, 7) is 18.0. The Hall–Kier alpha value is -1.05. The molecule has 0 unspecified atom stereocenters. The minimum atomic E-state index is 0.279. The number of aliphatic imine (C=N–C) groups is 1. The van der Waals surface area contributed by atoms with Crippen LogP contribution < -0.4 is 0 Å². The van der Waals surface area contributed by atoms with E-state index in [9.17, 15) is 0 Å². The molecule has 0 atom stereocenters. The number of nitrogens with zero attached hydrogens (tertiary/aromatic N) is 2. The van der Waals surface area contributed by atoms with Gasteiger partial charge in [-0.3, -0.25) is 4.99 Å². The third kappa shape index (κ3) is 4.01. The molecule has 2 nitrogen and oxygen atoms in total. The van der Waals surface area contributed by atoms with Crippen molar-refractivity contribution >= 4 is 5.71 Å². The molecule has 1 rings (SSSR count). The molecule has 1 heterocycles. The molecule has 0 aromatic carbocycles. The second kappa shape index (κ2) is 6.21. The van der Waals surface area contributed by atoms with Crippen LogP contribution in [0, 0.1) is 5.41 Å². The Bertz CT molecular complexity index is 351. The zero-order valence-corrected chi connectivity index (χ0v) is 12.7. The molecule has 102 valence electrons. The lowest BCUT2D eigenvalue weighted by atomic mass is 9.76. The monoisotopic (exact) mass is 248 g/mol. The SMILES string of the molecule is C=C(C)N1CCC(C)(C(C)=NCC=C(C)C)CC1. The average molecular weight is 248 g/mol. The molecule has 0 aromatic rings. The van der Waals surface area contributed by atoms with Crippen molar-refractivity contribution in [3.8, 4) is 0 Å². The summed E-state index contributed by atoms with van der Waals surface area (Å²) in [7, 11) is 0. The fourth-order valence-electron chi connectivity index (χ4n) is 2.30. The first-order valence-corrected chi connectivity index (χ1v) is 6.90. The summed E-state index contributed by atoms with van der Waals surface area (Å²) in [5.41, 5.74) is 4.12. The van der Waals surface area contributed by atoms with Crippen molar-refractivity contribution in [1.29, 1.82) is 0 Å². The van der Waals surface area contributed by atoms with E-state index in [1.165, 1.54) is 29.8 Å².